The number of aliphatic hydroxyl groups excluding tert-OH is 1. The lowest BCUT2D eigenvalue weighted by atomic mass is 10.00. The summed E-state index contributed by atoms with van der Waals surface area (Å²) in [4.78, 5) is 0. The lowest BCUT2D eigenvalue weighted by Gasteiger charge is -2.32. The van der Waals surface area contributed by atoms with Gasteiger partial charge >= 0.3 is 0 Å². The summed E-state index contributed by atoms with van der Waals surface area (Å²) >= 11 is 0. The van der Waals surface area contributed by atoms with Crippen LogP contribution in [0.15, 0.2) is 0 Å². The maximum Gasteiger partial charge on any atom is 0.0698 e. The van der Waals surface area contributed by atoms with Crippen LogP contribution in [0.1, 0.15) is 26.7 Å². The van der Waals surface area contributed by atoms with E-state index in [1.807, 2.05) is 0 Å². The summed E-state index contributed by atoms with van der Waals surface area (Å²) in [5.74, 6) is 0. The summed E-state index contributed by atoms with van der Waals surface area (Å²) in [6, 6.07) is 0.543. The molecule has 90 valence electrons. The van der Waals surface area contributed by atoms with Gasteiger partial charge < -0.3 is 19.9 Å². The lowest BCUT2D eigenvalue weighted by molar-refractivity contribution is -0.0429. The van der Waals surface area contributed by atoms with E-state index >= 15 is 0 Å². The maximum atomic E-state index is 8.52. The summed E-state index contributed by atoms with van der Waals surface area (Å²) in [7, 11) is 0. The van der Waals surface area contributed by atoms with Crippen LogP contribution in [0.3, 0.4) is 0 Å². The molecule has 0 aliphatic carbocycles. The van der Waals surface area contributed by atoms with Crippen molar-refractivity contribution in [1.82, 2.24) is 5.32 Å². The minimum absolute atomic E-state index is 0.103. The van der Waals surface area contributed by atoms with Gasteiger partial charge in [0, 0.05) is 12.6 Å². The number of hydrogen-bond acceptors (Lipinski definition) is 4. The maximum absolute atomic E-state index is 8.52. The van der Waals surface area contributed by atoms with Crippen LogP contribution in [-0.4, -0.2) is 49.7 Å². The van der Waals surface area contributed by atoms with Crippen molar-refractivity contribution < 1.29 is 14.6 Å². The number of nitrogens with one attached hydrogen (secondary N) is 1. The topological polar surface area (TPSA) is 50.7 Å². The fourth-order valence-electron chi connectivity index (χ4n) is 2.07. The van der Waals surface area contributed by atoms with Gasteiger partial charge in [0.15, 0.2) is 0 Å². The van der Waals surface area contributed by atoms with E-state index in [1.165, 1.54) is 0 Å². The molecule has 1 heterocycles. The van der Waals surface area contributed by atoms with Gasteiger partial charge in [-0.2, -0.15) is 0 Å². The standard InChI is InChI=1S/C11H23NO3/c1-9-7-11(8-10(2)15-9)12-3-5-14-6-4-13/h9-13H,3-8H2,1-2H3/t9-,10-/m1/s1. The Kier molecular flexibility index (Phi) is 6.17. The minimum Gasteiger partial charge on any atom is -0.394 e. The van der Waals surface area contributed by atoms with Crippen molar-refractivity contribution in [3.8, 4) is 0 Å². The number of hydrogen-bond donors (Lipinski definition) is 2. The molecule has 0 spiro atoms. The first-order chi connectivity index (χ1) is 7.22. The largest absolute Gasteiger partial charge is 0.394 e. The average Bonchev–Trinajstić information content (AvgIpc) is 2.16. The second kappa shape index (κ2) is 7.17. The summed E-state index contributed by atoms with van der Waals surface area (Å²) in [5, 5.41) is 12.0. The van der Waals surface area contributed by atoms with Crippen molar-refractivity contribution in [3.05, 3.63) is 0 Å². The van der Waals surface area contributed by atoms with Gasteiger partial charge in [-0.15, -0.1) is 0 Å². The van der Waals surface area contributed by atoms with Crippen LogP contribution in [0.4, 0.5) is 0 Å². The van der Waals surface area contributed by atoms with E-state index in [0.717, 1.165) is 19.4 Å². The molecule has 15 heavy (non-hydrogen) atoms. The fourth-order valence-corrected chi connectivity index (χ4v) is 2.07. The van der Waals surface area contributed by atoms with Crippen molar-refractivity contribution in [2.75, 3.05) is 26.4 Å². The van der Waals surface area contributed by atoms with Gasteiger partial charge in [-0.25, -0.2) is 0 Å². The summed E-state index contributed by atoms with van der Waals surface area (Å²) in [6.45, 7) is 6.29. The highest BCUT2D eigenvalue weighted by Crippen LogP contribution is 2.18. The zero-order valence-corrected chi connectivity index (χ0v) is 9.74. The average molecular weight is 217 g/mol. The number of ether oxygens (including phenoxy) is 2. The fraction of sp³-hybridized carbons (Fsp3) is 1.00. The van der Waals surface area contributed by atoms with Gasteiger partial charge in [0.1, 0.15) is 0 Å². The molecule has 0 aromatic heterocycles. The van der Waals surface area contributed by atoms with E-state index in [4.69, 9.17) is 14.6 Å². The molecular weight excluding hydrogens is 194 g/mol. The van der Waals surface area contributed by atoms with E-state index < -0.39 is 0 Å². The lowest BCUT2D eigenvalue weighted by Crippen LogP contribution is -2.42. The Bertz CT molecular complexity index is 156. The molecular formula is C11H23NO3. The van der Waals surface area contributed by atoms with E-state index in [9.17, 15) is 0 Å². The molecule has 1 rings (SSSR count). The van der Waals surface area contributed by atoms with Gasteiger partial charge in [0.2, 0.25) is 0 Å². The summed E-state index contributed by atoms with van der Waals surface area (Å²) in [6.07, 6.45) is 2.85. The monoisotopic (exact) mass is 217 g/mol. The van der Waals surface area contributed by atoms with Crippen LogP contribution in [0.25, 0.3) is 0 Å². The van der Waals surface area contributed by atoms with Crippen LogP contribution in [0.5, 0.6) is 0 Å². The molecule has 0 bridgehead atoms. The van der Waals surface area contributed by atoms with Crippen LogP contribution in [-0.2, 0) is 9.47 Å². The van der Waals surface area contributed by atoms with Gasteiger partial charge in [0.05, 0.1) is 32.0 Å². The van der Waals surface area contributed by atoms with Crippen LogP contribution < -0.4 is 5.32 Å². The van der Waals surface area contributed by atoms with Gasteiger partial charge in [0.25, 0.3) is 0 Å². The third-order valence-electron chi connectivity index (χ3n) is 2.61. The van der Waals surface area contributed by atoms with Crippen LogP contribution in [0.2, 0.25) is 0 Å². The predicted molar refractivity (Wildman–Crippen MR) is 58.9 cm³/mol. The third kappa shape index (κ3) is 5.47. The third-order valence-corrected chi connectivity index (χ3v) is 2.61. The number of rotatable bonds is 6. The second-order valence-electron chi connectivity index (χ2n) is 4.22. The van der Waals surface area contributed by atoms with Gasteiger partial charge in [-0.3, -0.25) is 0 Å². The zero-order valence-electron chi connectivity index (χ0n) is 9.74. The van der Waals surface area contributed by atoms with Crippen molar-refractivity contribution in [3.63, 3.8) is 0 Å². The highest BCUT2D eigenvalue weighted by molar-refractivity contribution is 4.78. The Balaban J connectivity index is 2.04. The van der Waals surface area contributed by atoms with Crippen molar-refractivity contribution in [1.29, 1.82) is 0 Å². The van der Waals surface area contributed by atoms with E-state index in [0.29, 0.717) is 31.5 Å². The second-order valence-corrected chi connectivity index (χ2v) is 4.22. The molecule has 0 saturated carbocycles. The van der Waals surface area contributed by atoms with Crippen molar-refractivity contribution in [2.24, 2.45) is 0 Å². The Morgan fingerprint density at radius 1 is 1.27 bits per heavy atom. The van der Waals surface area contributed by atoms with Crippen molar-refractivity contribution >= 4 is 0 Å². The Labute approximate surface area is 92.0 Å². The molecule has 2 atom stereocenters. The normalized spacial score (nSPS) is 31.8. The molecule has 4 heteroatoms. The molecule has 0 unspecified atom stereocenters. The van der Waals surface area contributed by atoms with E-state index in [-0.39, 0.29) is 6.61 Å². The molecule has 0 aromatic carbocycles. The SMILES string of the molecule is C[C@@H]1CC(NCCOCCO)C[C@@H](C)O1. The molecule has 1 aliphatic rings. The van der Waals surface area contributed by atoms with E-state index in [2.05, 4.69) is 19.2 Å². The van der Waals surface area contributed by atoms with E-state index in [1.54, 1.807) is 0 Å². The minimum atomic E-state index is 0.103. The summed E-state index contributed by atoms with van der Waals surface area (Å²) < 4.78 is 10.8. The molecule has 4 nitrogen and oxygen atoms in total. The zero-order chi connectivity index (χ0) is 11.1. The molecule has 1 fully saturated rings. The molecule has 0 aromatic rings. The first-order valence-corrected chi connectivity index (χ1v) is 5.79. The highest BCUT2D eigenvalue weighted by Gasteiger charge is 2.23. The quantitative estimate of drug-likeness (QED) is 0.638. The number of aliphatic hydroxyl groups is 1. The smallest absolute Gasteiger partial charge is 0.0698 e. The Hall–Kier alpha value is -0.160. The molecule has 0 radical (unpaired) electrons. The van der Waals surface area contributed by atoms with Crippen molar-refractivity contribution in [2.45, 2.75) is 44.9 Å². The summed E-state index contributed by atoms with van der Waals surface area (Å²) in [5.41, 5.74) is 0. The molecule has 1 saturated heterocycles. The van der Waals surface area contributed by atoms with Crippen LogP contribution >= 0.6 is 0 Å². The van der Waals surface area contributed by atoms with Gasteiger partial charge in [-0.1, -0.05) is 0 Å². The Morgan fingerprint density at radius 2 is 1.93 bits per heavy atom. The molecule has 2 N–H and O–H groups in total. The molecule has 1 aliphatic heterocycles. The highest BCUT2D eigenvalue weighted by atomic mass is 16.5. The first-order valence-electron chi connectivity index (χ1n) is 5.79. The predicted octanol–water partition coefficient (Wildman–Crippen LogP) is 0.541. The van der Waals surface area contributed by atoms with Crippen LogP contribution in [0, 0.1) is 0 Å². The first kappa shape index (κ1) is 12.9. The van der Waals surface area contributed by atoms with Gasteiger partial charge in [-0.05, 0) is 26.7 Å². The Morgan fingerprint density at radius 3 is 2.53 bits per heavy atom. The molecule has 0 amide bonds.